The maximum absolute atomic E-state index is 13.0. The second-order valence-corrected chi connectivity index (χ2v) is 7.37. The summed E-state index contributed by atoms with van der Waals surface area (Å²) in [5.41, 5.74) is 1.87. The van der Waals surface area contributed by atoms with Crippen molar-refractivity contribution in [2.24, 2.45) is 7.05 Å². The highest BCUT2D eigenvalue weighted by atomic mass is 19.4. The van der Waals surface area contributed by atoms with E-state index in [2.05, 4.69) is 30.6 Å². The molecule has 0 unspecified atom stereocenters. The number of anilines is 2. The van der Waals surface area contributed by atoms with E-state index in [0.717, 1.165) is 23.5 Å². The third kappa shape index (κ3) is 4.25. The Morgan fingerprint density at radius 3 is 2.67 bits per heavy atom. The van der Waals surface area contributed by atoms with E-state index >= 15 is 0 Å². The lowest BCUT2D eigenvalue weighted by Gasteiger charge is -2.08. The van der Waals surface area contributed by atoms with Crippen molar-refractivity contribution in [2.75, 3.05) is 5.32 Å². The minimum atomic E-state index is -4.39. The van der Waals surface area contributed by atoms with Crippen LogP contribution >= 0.6 is 0 Å². The van der Waals surface area contributed by atoms with Crippen molar-refractivity contribution >= 4 is 17.4 Å². The number of rotatable bonds is 5. The maximum atomic E-state index is 13.0. The highest BCUT2D eigenvalue weighted by Gasteiger charge is 2.30. The van der Waals surface area contributed by atoms with Crippen LogP contribution in [0.2, 0.25) is 0 Å². The van der Waals surface area contributed by atoms with Gasteiger partial charge in [-0.2, -0.15) is 18.3 Å². The van der Waals surface area contributed by atoms with Crippen molar-refractivity contribution in [3.8, 4) is 11.3 Å². The van der Waals surface area contributed by atoms with Crippen molar-refractivity contribution in [1.82, 2.24) is 34.3 Å². The molecular weight excluding hydrogens is 433 g/mol. The molecular formula is C22H17F3N8. The molecule has 0 bridgehead atoms. The zero-order valence-electron chi connectivity index (χ0n) is 17.3. The van der Waals surface area contributed by atoms with Gasteiger partial charge in [0.15, 0.2) is 5.65 Å². The Kier molecular flexibility index (Phi) is 5.00. The number of nitrogens with one attached hydrogen (secondary N) is 1. The van der Waals surface area contributed by atoms with E-state index in [-0.39, 0.29) is 6.42 Å². The predicted molar refractivity (Wildman–Crippen MR) is 115 cm³/mol. The Morgan fingerprint density at radius 1 is 1.00 bits per heavy atom. The summed E-state index contributed by atoms with van der Waals surface area (Å²) in [6, 6.07) is 12.5. The summed E-state index contributed by atoms with van der Waals surface area (Å²) in [4.78, 5) is 8.79. The summed E-state index contributed by atoms with van der Waals surface area (Å²) in [6.07, 6.45) is 0.928. The monoisotopic (exact) mass is 450 g/mol. The number of hydrogen-bond donors (Lipinski definition) is 1. The standard InChI is InChI=1S/C22H17F3N8/c1-32-18(6-9-27-32)29-21-26-8-5-17(28-21)15-7-10-33-19(30-31-20(33)13-15)12-14-3-2-4-16(11-14)22(23,24)25/h2-11,13H,12H2,1H3,(H,26,28,29). The molecule has 0 saturated carbocycles. The number of hydrogen-bond acceptors (Lipinski definition) is 6. The van der Waals surface area contributed by atoms with Crippen molar-refractivity contribution in [3.05, 3.63) is 84.1 Å². The van der Waals surface area contributed by atoms with Crippen LogP contribution in [0.3, 0.4) is 0 Å². The van der Waals surface area contributed by atoms with Crippen LogP contribution < -0.4 is 5.32 Å². The number of alkyl halides is 3. The van der Waals surface area contributed by atoms with E-state index in [1.165, 1.54) is 6.07 Å². The van der Waals surface area contributed by atoms with Gasteiger partial charge < -0.3 is 5.32 Å². The first kappa shape index (κ1) is 20.6. The Labute approximate surface area is 185 Å². The maximum Gasteiger partial charge on any atom is 0.416 e. The van der Waals surface area contributed by atoms with E-state index in [1.807, 2.05) is 25.2 Å². The molecule has 5 aromatic rings. The van der Waals surface area contributed by atoms with Gasteiger partial charge in [0.2, 0.25) is 5.95 Å². The number of aryl methyl sites for hydroxylation is 1. The van der Waals surface area contributed by atoms with E-state index in [1.54, 1.807) is 39.8 Å². The minimum Gasteiger partial charge on any atom is -0.309 e. The lowest BCUT2D eigenvalue weighted by Crippen LogP contribution is -2.06. The zero-order valence-corrected chi connectivity index (χ0v) is 17.3. The molecule has 166 valence electrons. The highest BCUT2D eigenvalue weighted by molar-refractivity contribution is 5.65. The largest absolute Gasteiger partial charge is 0.416 e. The van der Waals surface area contributed by atoms with Crippen molar-refractivity contribution in [1.29, 1.82) is 0 Å². The van der Waals surface area contributed by atoms with Crippen molar-refractivity contribution in [2.45, 2.75) is 12.6 Å². The normalized spacial score (nSPS) is 11.8. The van der Waals surface area contributed by atoms with Crippen LogP contribution in [0, 0.1) is 0 Å². The van der Waals surface area contributed by atoms with Gasteiger partial charge in [0.1, 0.15) is 11.6 Å². The second kappa shape index (κ2) is 8.01. The lowest BCUT2D eigenvalue weighted by molar-refractivity contribution is -0.137. The number of aromatic nitrogens is 7. The smallest absolute Gasteiger partial charge is 0.309 e. The van der Waals surface area contributed by atoms with Crippen LogP contribution in [-0.4, -0.2) is 34.3 Å². The molecule has 0 radical (unpaired) electrons. The summed E-state index contributed by atoms with van der Waals surface area (Å²) in [7, 11) is 1.81. The third-order valence-corrected chi connectivity index (χ3v) is 5.11. The summed E-state index contributed by atoms with van der Waals surface area (Å²) >= 11 is 0. The zero-order chi connectivity index (χ0) is 23.0. The Morgan fingerprint density at radius 2 is 1.88 bits per heavy atom. The number of pyridine rings is 1. The average molecular weight is 450 g/mol. The molecule has 8 nitrogen and oxygen atoms in total. The molecule has 11 heteroatoms. The Hall–Kier alpha value is -4.28. The number of fused-ring (bicyclic) bond motifs is 1. The first-order valence-electron chi connectivity index (χ1n) is 9.95. The fourth-order valence-electron chi connectivity index (χ4n) is 3.45. The second-order valence-electron chi connectivity index (χ2n) is 7.37. The average Bonchev–Trinajstić information content (AvgIpc) is 3.39. The van der Waals surface area contributed by atoms with E-state index in [4.69, 9.17) is 0 Å². The van der Waals surface area contributed by atoms with Crippen LogP contribution in [0.1, 0.15) is 17.0 Å². The molecule has 0 amide bonds. The topological polar surface area (TPSA) is 85.8 Å². The number of nitrogens with zero attached hydrogens (tertiary/aromatic N) is 7. The fourth-order valence-corrected chi connectivity index (χ4v) is 3.45. The van der Waals surface area contributed by atoms with Gasteiger partial charge in [0, 0.05) is 37.5 Å². The van der Waals surface area contributed by atoms with E-state index in [0.29, 0.717) is 28.7 Å². The van der Waals surface area contributed by atoms with Crippen LogP contribution in [0.15, 0.2) is 67.1 Å². The van der Waals surface area contributed by atoms with Gasteiger partial charge in [-0.1, -0.05) is 18.2 Å². The predicted octanol–water partition coefficient (Wildman–Crippen LogP) is 4.27. The molecule has 1 aromatic carbocycles. The highest BCUT2D eigenvalue weighted by Crippen LogP contribution is 2.30. The quantitative estimate of drug-likeness (QED) is 0.430. The molecule has 0 fully saturated rings. The molecule has 4 aromatic heterocycles. The molecule has 33 heavy (non-hydrogen) atoms. The first-order chi connectivity index (χ1) is 15.9. The molecule has 4 heterocycles. The summed E-state index contributed by atoms with van der Waals surface area (Å²) in [5.74, 6) is 1.71. The van der Waals surface area contributed by atoms with Crippen molar-refractivity contribution in [3.63, 3.8) is 0 Å². The van der Waals surface area contributed by atoms with Crippen LogP contribution in [0.4, 0.5) is 24.9 Å². The van der Waals surface area contributed by atoms with Gasteiger partial charge in [0.05, 0.1) is 17.5 Å². The van der Waals surface area contributed by atoms with Gasteiger partial charge in [-0.15, -0.1) is 10.2 Å². The van der Waals surface area contributed by atoms with E-state index in [9.17, 15) is 13.2 Å². The lowest BCUT2D eigenvalue weighted by atomic mass is 10.1. The van der Waals surface area contributed by atoms with Crippen LogP contribution in [0.25, 0.3) is 16.9 Å². The fraction of sp³-hybridized carbons (Fsp3) is 0.136. The summed E-state index contributed by atoms with van der Waals surface area (Å²) < 4.78 is 42.4. The number of halogens is 3. The van der Waals surface area contributed by atoms with Gasteiger partial charge in [-0.05, 0) is 29.8 Å². The minimum absolute atomic E-state index is 0.219. The third-order valence-electron chi connectivity index (χ3n) is 5.11. The van der Waals surface area contributed by atoms with Crippen LogP contribution in [0.5, 0.6) is 0 Å². The Bertz CT molecular complexity index is 1440. The molecule has 1 N–H and O–H groups in total. The molecule has 5 rings (SSSR count). The van der Waals surface area contributed by atoms with Crippen LogP contribution in [-0.2, 0) is 19.6 Å². The molecule has 0 saturated heterocycles. The molecule has 0 aliphatic rings. The molecule has 0 aliphatic carbocycles. The first-order valence-corrected chi connectivity index (χ1v) is 9.95. The van der Waals surface area contributed by atoms with Gasteiger partial charge >= 0.3 is 6.18 Å². The molecule has 0 spiro atoms. The summed E-state index contributed by atoms with van der Waals surface area (Å²) in [6.45, 7) is 0. The van der Waals surface area contributed by atoms with Gasteiger partial charge in [-0.3, -0.25) is 9.08 Å². The van der Waals surface area contributed by atoms with Gasteiger partial charge in [0.25, 0.3) is 0 Å². The van der Waals surface area contributed by atoms with Crippen molar-refractivity contribution < 1.29 is 13.2 Å². The van der Waals surface area contributed by atoms with Gasteiger partial charge in [-0.25, -0.2) is 9.97 Å². The molecule has 0 aliphatic heterocycles. The van der Waals surface area contributed by atoms with E-state index < -0.39 is 11.7 Å². The summed E-state index contributed by atoms with van der Waals surface area (Å²) in [5, 5.41) is 15.6. The number of benzene rings is 1. The SMILES string of the molecule is Cn1nccc1Nc1nccc(-c2ccn3c(Cc4cccc(C(F)(F)F)c4)nnc3c2)n1. The Balaban J connectivity index is 1.41. The molecule has 0 atom stereocenters.